The van der Waals surface area contributed by atoms with Crippen molar-refractivity contribution in [1.82, 2.24) is 0 Å². The molecule has 0 nitrogen and oxygen atoms in total. The van der Waals surface area contributed by atoms with Crippen molar-refractivity contribution < 1.29 is 4.39 Å². The van der Waals surface area contributed by atoms with E-state index in [0.717, 1.165) is 24.8 Å². The van der Waals surface area contributed by atoms with Crippen molar-refractivity contribution in [1.29, 1.82) is 0 Å². The first-order valence-electron chi connectivity index (χ1n) is 5.46. The molecule has 1 unspecified atom stereocenters. The average molecular weight is 229 g/mol. The predicted octanol–water partition coefficient (Wildman–Crippen LogP) is 4.41. The molecule has 0 aliphatic heterocycles. The molecule has 1 aromatic carbocycles. The summed E-state index contributed by atoms with van der Waals surface area (Å²) in [5.74, 6) is 0.506. The first-order valence-corrected chi connectivity index (χ1v) is 5.90. The number of benzene rings is 1. The molecule has 0 heterocycles. The van der Waals surface area contributed by atoms with Crippen LogP contribution in [0.1, 0.15) is 32.3 Å². The Hall–Kier alpha value is -0.560. The molecule has 0 bridgehead atoms. The molecule has 1 rings (SSSR count). The minimum atomic E-state index is -0.188. The van der Waals surface area contributed by atoms with E-state index in [4.69, 9.17) is 11.6 Å². The molecule has 0 aliphatic rings. The highest BCUT2D eigenvalue weighted by Gasteiger charge is 2.07. The van der Waals surface area contributed by atoms with E-state index in [1.807, 2.05) is 0 Å². The van der Waals surface area contributed by atoms with E-state index in [9.17, 15) is 4.39 Å². The molecule has 0 aliphatic carbocycles. The molecule has 0 fully saturated rings. The van der Waals surface area contributed by atoms with Crippen molar-refractivity contribution in [2.45, 2.75) is 38.5 Å². The molecular weight excluding hydrogens is 211 g/mol. The highest BCUT2D eigenvalue weighted by molar-refractivity contribution is 6.20. The van der Waals surface area contributed by atoms with Gasteiger partial charge in [-0.05, 0) is 42.9 Å². The van der Waals surface area contributed by atoms with E-state index in [1.165, 1.54) is 12.1 Å². The second kappa shape index (κ2) is 6.12. The molecule has 0 N–H and O–H groups in total. The average Bonchev–Trinajstić information content (AvgIpc) is 2.19. The predicted molar refractivity (Wildman–Crippen MR) is 63.8 cm³/mol. The highest BCUT2D eigenvalue weighted by Crippen LogP contribution is 2.16. The standard InChI is InChI=1S/C13H18ClF/c1-10(2)3-6-12(14)9-11-4-7-13(15)8-5-11/h4-5,7-8,10,12H,3,6,9H2,1-2H3. The van der Waals surface area contributed by atoms with Crippen molar-refractivity contribution in [2.24, 2.45) is 5.92 Å². The van der Waals surface area contributed by atoms with Crippen LogP contribution in [0.15, 0.2) is 24.3 Å². The zero-order valence-corrected chi connectivity index (χ0v) is 10.1. The molecule has 0 spiro atoms. The maximum atomic E-state index is 12.6. The molecular formula is C13H18ClF. The number of alkyl halides is 1. The SMILES string of the molecule is CC(C)CCC(Cl)Cc1ccc(F)cc1. The van der Waals surface area contributed by atoms with Crippen LogP contribution in [0.5, 0.6) is 0 Å². The van der Waals surface area contributed by atoms with Gasteiger partial charge in [-0.2, -0.15) is 0 Å². The van der Waals surface area contributed by atoms with E-state index in [2.05, 4.69) is 13.8 Å². The molecule has 2 heteroatoms. The minimum absolute atomic E-state index is 0.165. The largest absolute Gasteiger partial charge is 0.207 e. The van der Waals surface area contributed by atoms with E-state index in [0.29, 0.717) is 5.92 Å². The second-order valence-corrected chi connectivity index (χ2v) is 5.02. The van der Waals surface area contributed by atoms with E-state index >= 15 is 0 Å². The van der Waals surface area contributed by atoms with Gasteiger partial charge in [0.15, 0.2) is 0 Å². The van der Waals surface area contributed by atoms with Crippen LogP contribution in [0.2, 0.25) is 0 Å². The van der Waals surface area contributed by atoms with Gasteiger partial charge in [0.25, 0.3) is 0 Å². The lowest BCUT2D eigenvalue weighted by Crippen LogP contribution is -2.05. The van der Waals surface area contributed by atoms with Gasteiger partial charge in [-0.3, -0.25) is 0 Å². The number of hydrogen-bond acceptors (Lipinski definition) is 0. The first kappa shape index (κ1) is 12.5. The van der Waals surface area contributed by atoms with Crippen LogP contribution >= 0.6 is 11.6 Å². The lowest BCUT2D eigenvalue weighted by Gasteiger charge is -2.11. The molecule has 0 aromatic heterocycles. The molecule has 1 atom stereocenters. The Kier molecular flexibility index (Phi) is 5.10. The van der Waals surface area contributed by atoms with Crippen LogP contribution < -0.4 is 0 Å². The zero-order valence-electron chi connectivity index (χ0n) is 9.34. The van der Waals surface area contributed by atoms with Crippen LogP contribution in [0, 0.1) is 11.7 Å². The molecule has 0 saturated heterocycles. The normalized spacial score (nSPS) is 13.1. The lowest BCUT2D eigenvalue weighted by molar-refractivity contribution is 0.541. The second-order valence-electron chi connectivity index (χ2n) is 4.40. The summed E-state index contributed by atoms with van der Waals surface area (Å²) in [5.41, 5.74) is 1.11. The Morgan fingerprint density at radius 2 is 1.73 bits per heavy atom. The van der Waals surface area contributed by atoms with Gasteiger partial charge in [-0.1, -0.05) is 26.0 Å². The molecule has 0 radical (unpaired) electrons. The Morgan fingerprint density at radius 3 is 2.27 bits per heavy atom. The van der Waals surface area contributed by atoms with Gasteiger partial charge in [0.2, 0.25) is 0 Å². The maximum Gasteiger partial charge on any atom is 0.123 e. The maximum absolute atomic E-state index is 12.6. The van der Waals surface area contributed by atoms with Gasteiger partial charge < -0.3 is 0 Å². The van der Waals surface area contributed by atoms with E-state index < -0.39 is 0 Å². The van der Waals surface area contributed by atoms with Crippen molar-refractivity contribution >= 4 is 11.6 Å². The summed E-state index contributed by atoms with van der Waals surface area (Å²) < 4.78 is 12.6. The van der Waals surface area contributed by atoms with Gasteiger partial charge in [0.1, 0.15) is 5.82 Å². The summed E-state index contributed by atoms with van der Waals surface area (Å²) in [6.45, 7) is 4.39. The molecule has 0 amide bonds. The third kappa shape index (κ3) is 5.17. The van der Waals surface area contributed by atoms with Crippen molar-refractivity contribution in [3.05, 3.63) is 35.6 Å². The number of rotatable bonds is 5. The summed E-state index contributed by atoms with van der Waals surface area (Å²) in [6.07, 6.45) is 3.00. The molecule has 84 valence electrons. The zero-order chi connectivity index (χ0) is 11.3. The fourth-order valence-electron chi connectivity index (χ4n) is 1.49. The van der Waals surface area contributed by atoms with Gasteiger partial charge in [-0.25, -0.2) is 4.39 Å². The number of halogens is 2. The Bertz CT molecular complexity index is 279. The first-order chi connectivity index (χ1) is 7.08. The summed E-state index contributed by atoms with van der Waals surface area (Å²) in [5, 5.41) is 0.165. The van der Waals surface area contributed by atoms with E-state index in [-0.39, 0.29) is 11.2 Å². The van der Waals surface area contributed by atoms with Crippen LogP contribution in [0.3, 0.4) is 0 Å². The van der Waals surface area contributed by atoms with Crippen LogP contribution in [-0.2, 0) is 6.42 Å². The monoisotopic (exact) mass is 228 g/mol. The fraction of sp³-hybridized carbons (Fsp3) is 0.538. The third-order valence-electron chi connectivity index (χ3n) is 2.43. The topological polar surface area (TPSA) is 0 Å². The van der Waals surface area contributed by atoms with Gasteiger partial charge in [0, 0.05) is 5.38 Å². The summed E-state index contributed by atoms with van der Waals surface area (Å²) in [7, 11) is 0. The molecule has 15 heavy (non-hydrogen) atoms. The fourth-order valence-corrected chi connectivity index (χ4v) is 1.80. The van der Waals surface area contributed by atoms with Gasteiger partial charge >= 0.3 is 0 Å². The molecule has 0 saturated carbocycles. The van der Waals surface area contributed by atoms with Crippen LogP contribution in [-0.4, -0.2) is 5.38 Å². The summed E-state index contributed by atoms with van der Waals surface area (Å²) in [4.78, 5) is 0. The highest BCUT2D eigenvalue weighted by atomic mass is 35.5. The summed E-state index contributed by atoms with van der Waals surface area (Å²) >= 11 is 6.21. The molecule has 1 aromatic rings. The minimum Gasteiger partial charge on any atom is -0.207 e. The van der Waals surface area contributed by atoms with Crippen molar-refractivity contribution in [2.75, 3.05) is 0 Å². The Balaban J connectivity index is 2.37. The van der Waals surface area contributed by atoms with Crippen molar-refractivity contribution in [3.8, 4) is 0 Å². The van der Waals surface area contributed by atoms with Crippen LogP contribution in [0.25, 0.3) is 0 Å². The van der Waals surface area contributed by atoms with E-state index in [1.54, 1.807) is 12.1 Å². The van der Waals surface area contributed by atoms with Crippen molar-refractivity contribution in [3.63, 3.8) is 0 Å². The lowest BCUT2D eigenvalue weighted by atomic mass is 10.0. The quantitative estimate of drug-likeness (QED) is 0.655. The smallest absolute Gasteiger partial charge is 0.123 e. The summed E-state index contributed by atoms with van der Waals surface area (Å²) in [6, 6.07) is 6.59. The number of hydrogen-bond donors (Lipinski definition) is 0. The van der Waals surface area contributed by atoms with Gasteiger partial charge in [0.05, 0.1) is 0 Å². The third-order valence-corrected chi connectivity index (χ3v) is 2.80. The Morgan fingerprint density at radius 1 is 1.13 bits per heavy atom. The Labute approximate surface area is 96.5 Å². The van der Waals surface area contributed by atoms with Gasteiger partial charge in [-0.15, -0.1) is 11.6 Å². The van der Waals surface area contributed by atoms with Crippen LogP contribution in [0.4, 0.5) is 4.39 Å².